The predicted octanol–water partition coefficient (Wildman–Crippen LogP) is 4.23. The molecule has 0 atom stereocenters. The highest BCUT2D eigenvalue weighted by Crippen LogP contribution is 2.34. The molecule has 0 amide bonds. The summed E-state index contributed by atoms with van der Waals surface area (Å²) in [4.78, 5) is 28.6. The van der Waals surface area contributed by atoms with E-state index in [0.29, 0.717) is 24.3 Å². The summed E-state index contributed by atoms with van der Waals surface area (Å²) >= 11 is 0. The summed E-state index contributed by atoms with van der Waals surface area (Å²) in [6.07, 6.45) is 0. The molecule has 7 nitrogen and oxygen atoms in total. The third-order valence-corrected chi connectivity index (χ3v) is 6.78. The zero-order valence-corrected chi connectivity index (χ0v) is 18.8. The van der Waals surface area contributed by atoms with Crippen LogP contribution in [0.2, 0.25) is 0 Å². The Morgan fingerprint density at radius 2 is 1.58 bits per heavy atom. The molecule has 5 rings (SSSR count). The number of aryl methyl sites for hydroxylation is 2. The lowest BCUT2D eigenvalue weighted by atomic mass is 9.99. The average Bonchev–Trinajstić information content (AvgIpc) is 2.83. The smallest absolute Gasteiger partial charge is 0.357 e. The molecule has 0 radical (unpaired) electrons. The Kier molecular flexibility index (Phi) is 5.34. The van der Waals surface area contributed by atoms with Crippen molar-refractivity contribution in [1.82, 2.24) is 9.47 Å². The minimum atomic E-state index is -0.567. The first-order valence-electron chi connectivity index (χ1n) is 11.2. The molecule has 0 N–H and O–H groups in total. The van der Waals surface area contributed by atoms with Gasteiger partial charge in [-0.15, -0.1) is 0 Å². The fraction of sp³-hybridized carbons (Fsp3) is 0.269. The fourth-order valence-electron chi connectivity index (χ4n) is 4.96. The van der Waals surface area contributed by atoms with Gasteiger partial charge in [0.15, 0.2) is 0 Å². The van der Waals surface area contributed by atoms with E-state index in [1.165, 1.54) is 26.5 Å². The summed E-state index contributed by atoms with van der Waals surface area (Å²) in [5.41, 5.74) is 2.84. The van der Waals surface area contributed by atoms with Gasteiger partial charge >= 0.3 is 11.2 Å². The van der Waals surface area contributed by atoms with Gasteiger partial charge in [-0.05, 0) is 34.9 Å². The topological polar surface area (TPSA) is 71.6 Å². The maximum Gasteiger partial charge on any atom is 0.357 e. The summed E-state index contributed by atoms with van der Waals surface area (Å²) in [6, 6.07) is 20.2. The first kappa shape index (κ1) is 21.2. The number of fused-ring (bicyclic) bond motifs is 2. The summed E-state index contributed by atoms with van der Waals surface area (Å²) in [6.45, 7) is 5.77. The van der Waals surface area contributed by atoms with Gasteiger partial charge in [0.2, 0.25) is 0 Å². The van der Waals surface area contributed by atoms with Crippen molar-refractivity contribution in [3.63, 3.8) is 0 Å². The highest BCUT2D eigenvalue weighted by Gasteiger charge is 2.30. The molecular formula is C26H26N4O3. The Labute approximate surface area is 191 Å². The predicted molar refractivity (Wildman–Crippen MR) is 132 cm³/mol. The van der Waals surface area contributed by atoms with Crippen LogP contribution in [-0.2, 0) is 13.6 Å². The molecule has 0 bridgehead atoms. The summed E-state index contributed by atoms with van der Waals surface area (Å²) in [5.74, 6) is 0. The molecule has 168 valence electrons. The summed E-state index contributed by atoms with van der Waals surface area (Å²) < 4.78 is 1.37. The number of hydrogen-bond acceptors (Lipinski definition) is 5. The monoisotopic (exact) mass is 442 g/mol. The van der Waals surface area contributed by atoms with Crippen molar-refractivity contribution in [1.29, 1.82) is 0 Å². The number of rotatable bonds is 4. The first-order chi connectivity index (χ1) is 16.0. The lowest BCUT2D eigenvalue weighted by Gasteiger charge is -2.36. The van der Waals surface area contributed by atoms with Crippen molar-refractivity contribution < 1.29 is 4.92 Å². The van der Waals surface area contributed by atoms with Gasteiger partial charge in [-0.2, -0.15) is 0 Å². The first-order valence-corrected chi connectivity index (χ1v) is 11.2. The van der Waals surface area contributed by atoms with E-state index in [4.69, 9.17) is 0 Å². The van der Waals surface area contributed by atoms with E-state index in [0.717, 1.165) is 25.0 Å². The van der Waals surface area contributed by atoms with Crippen LogP contribution in [0.1, 0.15) is 11.1 Å². The van der Waals surface area contributed by atoms with E-state index in [2.05, 4.69) is 48.2 Å². The van der Waals surface area contributed by atoms with Crippen LogP contribution in [0.4, 0.5) is 11.4 Å². The molecule has 1 aromatic heterocycles. The van der Waals surface area contributed by atoms with Gasteiger partial charge in [-0.25, -0.2) is 0 Å². The fourth-order valence-corrected chi connectivity index (χ4v) is 4.96. The minimum absolute atomic E-state index is 0.338. The number of aromatic nitrogens is 1. The van der Waals surface area contributed by atoms with Gasteiger partial charge in [-0.1, -0.05) is 54.6 Å². The Morgan fingerprint density at radius 3 is 2.30 bits per heavy atom. The molecule has 1 aliphatic heterocycles. The van der Waals surface area contributed by atoms with E-state index >= 15 is 0 Å². The molecule has 33 heavy (non-hydrogen) atoms. The number of anilines is 1. The normalized spacial score (nSPS) is 14.8. The molecule has 0 spiro atoms. The standard InChI is InChI=1S/C26H26N4O3/c1-18-11-12-19-7-3-4-8-20(19)22(18)17-28-13-15-29(16-14-28)24-21-9-5-6-10-23(21)27(2)26(31)25(24)30(32)33/h3-12H,13-17H2,1-2H3. The average molecular weight is 443 g/mol. The molecule has 1 fully saturated rings. The molecule has 0 aliphatic carbocycles. The number of pyridine rings is 1. The van der Waals surface area contributed by atoms with Gasteiger partial charge in [0.25, 0.3) is 0 Å². The Morgan fingerprint density at radius 1 is 0.909 bits per heavy atom. The summed E-state index contributed by atoms with van der Waals surface area (Å²) in [5, 5.41) is 15.2. The van der Waals surface area contributed by atoms with Crippen LogP contribution < -0.4 is 10.5 Å². The highest BCUT2D eigenvalue weighted by molar-refractivity contribution is 5.96. The van der Waals surface area contributed by atoms with Gasteiger partial charge in [-0.3, -0.25) is 19.8 Å². The third kappa shape index (κ3) is 3.64. The van der Waals surface area contributed by atoms with E-state index in [-0.39, 0.29) is 5.69 Å². The molecule has 7 heteroatoms. The second-order valence-corrected chi connectivity index (χ2v) is 8.68. The maximum atomic E-state index is 12.8. The number of hydrogen-bond donors (Lipinski definition) is 0. The van der Waals surface area contributed by atoms with Crippen LogP contribution in [0, 0.1) is 17.0 Å². The third-order valence-electron chi connectivity index (χ3n) is 6.78. The molecular weight excluding hydrogens is 416 g/mol. The van der Waals surface area contributed by atoms with Crippen LogP contribution in [0.3, 0.4) is 0 Å². The Bertz CT molecular complexity index is 1440. The van der Waals surface area contributed by atoms with Crippen molar-refractivity contribution in [2.45, 2.75) is 13.5 Å². The Hall–Kier alpha value is -3.71. The number of nitrogens with zero attached hydrogens (tertiary/aromatic N) is 4. The quantitative estimate of drug-likeness (QED) is 0.349. The molecule has 0 saturated carbocycles. The van der Waals surface area contributed by atoms with Crippen molar-refractivity contribution in [2.75, 3.05) is 31.1 Å². The number of piperazine rings is 1. The van der Waals surface area contributed by atoms with Crippen LogP contribution in [-0.4, -0.2) is 40.6 Å². The van der Waals surface area contributed by atoms with Gasteiger partial charge in [0.1, 0.15) is 5.69 Å². The zero-order chi connectivity index (χ0) is 23.1. The van der Waals surface area contributed by atoms with Crippen LogP contribution >= 0.6 is 0 Å². The second-order valence-electron chi connectivity index (χ2n) is 8.68. The van der Waals surface area contributed by atoms with Gasteiger partial charge < -0.3 is 9.47 Å². The molecule has 3 aromatic carbocycles. The van der Waals surface area contributed by atoms with Gasteiger partial charge in [0.05, 0.1) is 10.4 Å². The Balaban J connectivity index is 1.46. The largest absolute Gasteiger partial charge is 0.363 e. The van der Waals surface area contributed by atoms with E-state index in [1.807, 2.05) is 29.2 Å². The van der Waals surface area contributed by atoms with Crippen molar-refractivity contribution >= 4 is 33.1 Å². The number of nitro groups is 1. The van der Waals surface area contributed by atoms with E-state index < -0.39 is 10.5 Å². The lowest BCUT2D eigenvalue weighted by molar-refractivity contribution is -0.385. The molecule has 1 aliphatic rings. The lowest BCUT2D eigenvalue weighted by Crippen LogP contribution is -2.46. The minimum Gasteiger partial charge on any atom is -0.363 e. The molecule has 1 saturated heterocycles. The molecule has 0 unspecified atom stereocenters. The van der Waals surface area contributed by atoms with Crippen LogP contribution in [0.15, 0.2) is 65.5 Å². The van der Waals surface area contributed by atoms with Crippen molar-refractivity contribution in [2.24, 2.45) is 7.05 Å². The maximum absolute atomic E-state index is 12.8. The number of benzene rings is 3. The molecule has 2 heterocycles. The molecule has 4 aromatic rings. The van der Waals surface area contributed by atoms with E-state index in [1.54, 1.807) is 7.05 Å². The van der Waals surface area contributed by atoms with Crippen molar-refractivity contribution in [3.05, 3.63) is 92.3 Å². The SMILES string of the molecule is Cc1ccc2ccccc2c1CN1CCN(c2c([N+](=O)[O-])c(=O)n(C)c3ccccc23)CC1. The highest BCUT2D eigenvalue weighted by atomic mass is 16.6. The number of para-hydroxylation sites is 1. The second kappa shape index (κ2) is 8.33. The van der Waals surface area contributed by atoms with E-state index in [9.17, 15) is 14.9 Å². The van der Waals surface area contributed by atoms with Gasteiger partial charge in [0, 0.05) is 45.2 Å². The summed E-state index contributed by atoms with van der Waals surface area (Å²) in [7, 11) is 1.59. The zero-order valence-electron chi connectivity index (χ0n) is 18.8. The van der Waals surface area contributed by atoms with Crippen molar-refractivity contribution in [3.8, 4) is 0 Å². The van der Waals surface area contributed by atoms with Crippen LogP contribution in [0.25, 0.3) is 21.7 Å². The van der Waals surface area contributed by atoms with Crippen LogP contribution in [0.5, 0.6) is 0 Å².